The Hall–Kier alpha value is -3.42. The average Bonchev–Trinajstić information content (AvgIpc) is 3.36. The highest BCUT2D eigenvalue weighted by atomic mass is 35.5. The van der Waals surface area contributed by atoms with Crippen LogP contribution in [0.25, 0.3) is 28.2 Å². The maximum Gasteiger partial charge on any atom is 0.328 e. The molecule has 4 aromatic rings. The molecule has 6 nitrogen and oxygen atoms in total. The van der Waals surface area contributed by atoms with E-state index in [1.165, 1.54) is 36.8 Å². The number of rotatable bonds is 5. The maximum atomic E-state index is 15.1. The molecule has 2 aromatic carbocycles. The minimum Gasteiger partial charge on any atom is -0.478 e. The molecule has 0 saturated heterocycles. The molecular weight excluding hydrogens is 482 g/mol. The molecule has 2 aromatic heterocycles. The molecule has 0 aliphatic heterocycles. The van der Waals surface area contributed by atoms with Crippen LogP contribution < -0.4 is 0 Å². The van der Waals surface area contributed by atoms with Crippen LogP contribution in [0.2, 0.25) is 10.0 Å². The average molecular weight is 501 g/mol. The number of carbonyl (C=O) groups excluding carboxylic acids is 1. The van der Waals surface area contributed by atoms with Crippen molar-refractivity contribution in [3.8, 4) is 11.3 Å². The number of nitrogens with zero attached hydrogens (tertiary/aromatic N) is 2. The van der Waals surface area contributed by atoms with Gasteiger partial charge in [-0.2, -0.15) is 0 Å². The SMILES string of the molecule is Cc1cc(Cl)cc(Cl)c1-c1noc(C(C)(C)F)c1C(=O)n1ccc2c(/C=C/C(=O)O)cccc21. The number of aliphatic carboxylic acids is 1. The zero-order valence-electron chi connectivity index (χ0n) is 18.4. The highest BCUT2D eigenvalue weighted by molar-refractivity contribution is 6.36. The van der Waals surface area contributed by atoms with Crippen LogP contribution in [0, 0.1) is 6.92 Å². The molecule has 0 saturated carbocycles. The van der Waals surface area contributed by atoms with Crippen molar-refractivity contribution < 1.29 is 23.6 Å². The Morgan fingerprint density at radius 3 is 2.59 bits per heavy atom. The first-order chi connectivity index (χ1) is 16.0. The third-order valence-corrected chi connectivity index (χ3v) is 5.84. The van der Waals surface area contributed by atoms with Gasteiger partial charge in [0, 0.05) is 28.2 Å². The van der Waals surface area contributed by atoms with E-state index < -0.39 is 17.5 Å². The first-order valence-corrected chi connectivity index (χ1v) is 11.0. The summed E-state index contributed by atoms with van der Waals surface area (Å²) in [4.78, 5) is 24.8. The van der Waals surface area contributed by atoms with E-state index >= 15 is 4.39 Å². The number of hydrogen-bond acceptors (Lipinski definition) is 4. The topological polar surface area (TPSA) is 85.3 Å². The van der Waals surface area contributed by atoms with Crippen molar-refractivity contribution in [3.05, 3.63) is 81.2 Å². The predicted molar refractivity (Wildman–Crippen MR) is 129 cm³/mol. The van der Waals surface area contributed by atoms with Crippen molar-refractivity contribution in [2.45, 2.75) is 26.4 Å². The summed E-state index contributed by atoms with van der Waals surface area (Å²) >= 11 is 12.5. The minimum atomic E-state index is -2.01. The van der Waals surface area contributed by atoms with E-state index in [9.17, 15) is 9.59 Å². The second kappa shape index (κ2) is 8.74. The first kappa shape index (κ1) is 23.7. The Balaban J connectivity index is 1.95. The molecule has 0 fully saturated rings. The first-order valence-electron chi connectivity index (χ1n) is 10.2. The smallest absolute Gasteiger partial charge is 0.328 e. The summed E-state index contributed by atoms with van der Waals surface area (Å²) in [7, 11) is 0. The van der Waals surface area contributed by atoms with Gasteiger partial charge in [-0.1, -0.05) is 40.5 Å². The number of fused-ring (bicyclic) bond motifs is 1. The second-order valence-corrected chi connectivity index (χ2v) is 9.07. The Morgan fingerprint density at radius 2 is 1.94 bits per heavy atom. The molecule has 4 rings (SSSR count). The normalized spacial score (nSPS) is 12.1. The van der Waals surface area contributed by atoms with Gasteiger partial charge in [0.1, 0.15) is 11.3 Å². The molecule has 0 unspecified atom stereocenters. The van der Waals surface area contributed by atoms with Crippen molar-refractivity contribution >= 4 is 52.1 Å². The van der Waals surface area contributed by atoms with Gasteiger partial charge in [0.05, 0.1) is 10.5 Å². The zero-order valence-corrected chi connectivity index (χ0v) is 19.9. The number of aryl methyl sites for hydroxylation is 1. The van der Waals surface area contributed by atoms with Gasteiger partial charge >= 0.3 is 5.97 Å². The molecule has 0 radical (unpaired) electrons. The van der Waals surface area contributed by atoms with Crippen LogP contribution >= 0.6 is 23.2 Å². The van der Waals surface area contributed by atoms with E-state index in [1.54, 1.807) is 37.3 Å². The van der Waals surface area contributed by atoms with Gasteiger partial charge < -0.3 is 9.63 Å². The number of carboxylic acid groups (broad SMARTS) is 1. The summed E-state index contributed by atoms with van der Waals surface area (Å²) in [6.07, 6.45) is 3.99. The number of carboxylic acids is 1. The second-order valence-electron chi connectivity index (χ2n) is 8.23. The molecule has 0 aliphatic rings. The summed E-state index contributed by atoms with van der Waals surface area (Å²) in [5, 5.41) is 14.3. The molecule has 0 spiro atoms. The lowest BCUT2D eigenvalue weighted by Crippen LogP contribution is -2.18. The van der Waals surface area contributed by atoms with Gasteiger partial charge in [-0.3, -0.25) is 9.36 Å². The van der Waals surface area contributed by atoms with Gasteiger partial charge in [0.2, 0.25) is 0 Å². The van der Waals surface area contributed by atoms with Gasteiger partial charge in [0.15, 0.2) is 11.4 Å². The van der Waals surface area contributed by atoms with E-state index in [4.69, 9.17) is 32.8 Å². The van der Waals surface area contributed by atoms with Crippen molar-refractivity contribution in [1.29, 1.82) is 0 Å². The fourth-order valence-electron chi connectivity index (χ4n) is 3.86. The van der Waals surface area contributed by atoms with E-state index in [2.05, 4.69) is 5.16 Å². The summed E-state index contributed by atoms with van der Waals surface area (Å²) in [6, 6.07) is 10.00. The van der Waals surface area contributed by atoms with Gasteiger partial charge in [-0.15, -0.1) is 0 Å². The quantitative estimate of drug-likeness (QED) is 0.301. The summed E-state index contributed by atoms with van der Waals surface area (Å²) < 4.78 is 21.8. The molecule has 174 valence electrons. The van der Waals surface area contributed by atoms with Gasteiger partial charge in [-0.25, -0.2) is 9.18 Å². The van der Waals surface area contributed by atoms with Crippen LogP contribution in [-0.4, -0.2) is 26.7 Å². The number of halogens is 3. The van der Waals surface area contributed by atoms with Crippen LogP contribution in [0.1, 0.15) is 41.1 Å². The highest BCUT2D eigenvalue weighted by Crippen LogP contribution is 2.40. The number of aromatic nitrogens is 2. The molecule has 0 bridgehead atoms. The van der Waals surface area contributed by atoms with Crippen molar-refractivity contribution in [3.63, 3.8) is 0 Å². The van der Waals surface area contributed by atoms with E-state index in [0.717, 1.165) is 6.08 Å². The lowest BCUT2D eigenvalue weighted by atomic mass is 9.96. The Bertz CT molecular complexity index is 1460. The van der Waals surface area contributed by atoms with Crippen molar-refractivity contribution in [1.82, 2.24) is 9.72 Å². The number of benzene rings is 2. The Kier molecular flexibility index (Phi) is 6.10. The zero-order chi connectivity index (χ0) is 24.8. The van der Waals surface area contributed by atoms with E-state index in [-0.39, 0.29) is 22.0 Å². The largest absolute Gasteiger partial charge is 0.478 e. The van der Waals surface area contributed by atoms with Crippen LogP contribution in [0.4, 0.5) is 4.39 Å². The lowest BCUT2D eigenvalue weighted by Gasteiger charge is -2.14. The third kappa shape index (κ3) is 4.24. The summed E-state index contributed by atoms with van der Waals surface area (Å²) in [6.45, 7) is 4.29. The third-order valence-electron chi connectivity index (χ3n) is 5.33. The van der Waals surface area contributed by atoms with Crippen LogP contribution in [0.5, 0.6) is 0 Å². The number of carbonyl (C=O) groups is 2. The Labute approximate surface area is 204 Å². The standard InChI is InChI=1S/C25H19Cl2FN2O4/c1-13-11-15(26)12-17(27)20(13)22-21(23(34-29-22)25(2,3)28)24(33)30-10-9-16-14(7-8-19(31)32)5-4-6-18(16)30/h4-12H,1-3H3,(H,31,32)/b8-7+. The fourth-order valence-corrected chi connectivity index (χ4v) is 4.55. The molecule has 2 heterocycles. The molecule has 0 atom stereocenters. The molecule has 1 N–H and O–H groups in total. The van der Waals surface area contributed by atoms with Crippen molar-refractivity contribution in [2.24, 2.45) is 0 Å². The summed E-state index contributed by atoms with van der Waals surface area (Å²) in [5.74, 6) is -1.90. The maximum absolute atomic E-state index is 15.1. The van der Waals surface area contributed by atoms with Gasteiger partial charge in [0.25, 0.3) is 5.91 Å². The minimum absolute atomic E-state index is 0.0659. The highest BCUT2D eigenvalue weighted by Gasteiger charge is 2.36. The van der Waals surface area contributed by atoms with Crippen LogP contribution in [-0.2, 0) is 10.5 Å². The van der Waals surface area contributed by atoms with Crippen LogP contribution in [0.15, 0.2) is 53.2 Å². The molecule has 9 heteroatoms. The van der Waals surface area contributed by atoms with Gasteiger partial charge in [-0.05, 0) is 62.2 Å². The molecule has 0 amide bonds. The molecule has 0 aliphatic carbocycles. The molecular formula is C25H19Cl2FN2O4. The molecule has 34 heavy (non-hydrogen) atoms. The summed E-state index contributed by atoms with van der Waals surface area (Å²) in [5.41, 5.74) is 0.196. The predicted octanol–water partition coefficient (Wildman–Crippen LogP) is 6.90. The van der Waals surface area contributed by atoms with Crippen LogP contribution in [0.3, 0.4) is 0 Å². The monoisotopic (exact) mass is 500 g/mol. The van der Waals surface area contributed by atoms with E-state index in [0.29, 0.717) is 32.6 Å². The van der Waals surface area contributed by atoms with E-state index in [1.807, 2.05) is 0 Å². The number of alkyl halides is 1. The Morgan fingerprint density at radius 1 is 1.21 bits per heavy atom. The fraction of sp³-hybridized carbons (Fsp3) is 0.160. The lowest BCUT2D eigenvalue weighted by molar-refractivity contribution is -0.131. The van der Waals surface area contributed by atoms with Crippen molar-refractivity contribution in [2.75, 3.05) is 0 Å². The number of hydrogen-bond donors (Lipinski definition) is 1.